The number of amides is 1. The van der Waals surface area contributed by atoms with Crippen molar-refractivity contribution in [1.82, 2.24) is 4.57 Å². The molecule has 0 spiro atoms. The van der Waals surface area contributed by atoms with Gasteiger partial charge in [-0.05, 0) is 48.9 Å². The van der Waals surface area contributed by atoms with Crippen LogP contribution in [-0.4, -0.2) is 31.3 Å². The van der Waals surface area contributed by atoms with E-state index in [9.17, 15) is 9.59 Å². The van der Waals surface area contributed by atoms with Gasteiger partial charge < -0.3 is 19.5 Å². The average molecular weight is 567 g/mol. The van der Waals surface area contributed by atoms with Crippen LogP contribution in [-0.2, 0) is 4.79 Å². The number of carbonyl (C=O) groups excluding carboxylic acids is 1. The minimum absolute atomic E-state index is 0.183. The lowest BCUT2D eigenvalue weighted by Crippen LogP contribution is -2.40. The van der Waals surface area contributed by atoms with Crippen LogP contribution in [0.3, 0.4) is 0 Å². The molecule has 1 aliphatic rings. The van der Waals surface area contributed by atoms with E-state index >= 15 is 0 Å². The normalized spacial score (nSPS) is 14.5. The fourth-order valence-corrected chi connectivity index (χ4v) is 5.70. The second-order valence-electron chi connectivity index (χ2n) is 9.00. The van der Waals surface area contributed by atoms with E-state index in [-0.39, 0.29) is 18.1 Å². The Balaban J connectivity index is 1.69. The van der Waals surface area contributed by atoms with Gasteiger partial charge in [0.05, 0.1) is 36.1 Å². The molecule has 3 aromatic carbocycles. The molecule has 41 heavy (non-hydrogen) atoms. The van der Waals surface area contributed by atoms with Crippen LogP contribution in [0, 0.1) is 11.3 Å². The fourth-order valence-electron chi connectivity index (χ4n) is 4.67. The van der Waals surface area contributed by atoms with Crippen LogP contribution in [0.15, 0.2) is 93.9 Å². The minimum Gasteiger partial charge on any atom is -0.497 e. The first-order chi connectivity index (χ1) is 19.9. The molecule has 1 aliphatic heterocycles. The van der Waals surface area contributed by atoms with Crippen molar-refractivity contribution >= 4 is 29.0 Å². The predicted molar refractivity (Wildman–Crippen MR) is 156 cm³/mol. The van der Waals surface area contributed by atoms with Crippen molar-refractivity contribution in [1.29, 1.82) is 5.26 Å². The number of anilines is 1. The number of allylic oxidation sites excluding steroid dienone is 1. The number of methoxy groups -OCH3 is 2. The number of benzene rings is 3. The van der Waals surface area contributed by atoms with E-state index in [1.807, 2.05) is 42.5 Å². The number of aromatic nitrogens is 1. The number of carbonyl (C=O) groups is 1. The van der Waals surface area contributed by atoms with Gasteiger partial charge in [0.15, 0.2) is 22.9 Å². The van der Waals surface area contributed by atoms with E-state index in [2.05, 4.69) is 10.3 Å². The Morgan fingerprint density at radius 2 is 1.88 bits per heavy atom. The molecule has 5 rings (SSSR count). The van der Waals surface area contributed by atoms with Crippen LogP contribution < -0.4 is 34.4 Å². The first-order valence-corrected chi connectivity index (χ1v) is 13.5. The van der Waals surface area contributed by atoms with Crippen molar-refractivity contribution in [2.45, 2.75) is 13.0 Å². The molecule has 0 radical (unpaired) electrons. The lowest BCUT2D eigenvalue weighted by molar-refractivity contribution is -0.113. The van der Waals surface area contributed by atoms with E-state index in [0.29, 0.717) is 54.7 Å². The molecule has 9 nitrogen and oxygen atoms in total. The van der Waals surface area contributed by atoms with Gasteiger partial charge in [0.25, 0.3) is 11.5 Å². The highest BCUT2D eigenvalue weighted by molar-refractivity contribution is 7.07. The molecule has 1 atom stereocenters. The maximum Gasteiger partial charge on any atom is 0.271 e. The van der Waals surface area contributed by atoms with Crippen LogP contribution in [0.5, 0.6) is 17.2 Å². The van der Waals surface area contributed by atoms with Gasteiger partial charge in [0.1, 0.15) is 11.8 Å². The molecular weight excluding hydrogens is 540 g/mol. The summed E-state index contributed by atoms with van der Waals surface area (Å²) in [5.74, 6) is 1.02. The highest BCUT2D eigenvalue weighted by Crippen LogP contribution is 2.33. The van der Waals surface area contributed by atoms with E-state index in [1.54, 1.807) is 56.5 Å². The summed E-state index contributed by atoms with van der Waals surface area (Å²) in [6, 6.07) is 22.9. The molecule has 0 fully saturated rings. The Labute approximate surface area is 239 Å². The van der Waals surface area contributed by atoms with Gasteiger partial charge in [-0.2, -0.15) is 5.26 Å². The molecule has 2 heterocycles. The Morgan fingerprint density at radius 1 is 1.10 bits per heavy atom. The second-order valence-corrected chi connectivity index (χ2v) is 10.0. The smallest absolute Gasteiger partial charge is 0.271 e. The summed E-state index contributed by atoms with van der Waals surface area (Å²) in [7, 11) is 3.07. The number of fused-ring (bicyclic) bond motifs is 1. The van der Waals surface area contributed by atoms with Gasteiger partial charge >= 0.3 is 0 Å². The predicted octanol–water partition coefficient (Wildman–Crippen LogP) is 3.79. The zero-order valence-electron chi connectivity index (χ0n) is 22.6. The second kappa shape index (κ2) is 11.9. The van der Waals surface area contributed by atoms with E-state index in [1.165, 1.54) is 23.0 Å². The van der Waals surface area contributed by atoms with Crippen molar-refractivity contribution in [3.63, 3.8) is 0 Å². The summed E-state index contributed by atoms with van der Waals surface area (Å²) in [6.07, 6.45) is 1.69. The first-order valence-electron chi connectivity index (χ1n) is 12.6. The van der Waals surface area contributed by atoms with Gasteiger partial charge in [-0.3, -0.25) is 14.2 Å². The third-order valence-electron chi connectivity index (χ3n) is 6.50. The van der Waals surface area contributed by atoms with Crippen LogP contribution >= 0.6 is 11.3 Å². The van der Waals surface area contributed by atoms with E-state index in [0.717, 1.165) is 0 Å². The Bertz CT molecular complexity index is 1870. The monoisotopic (exact) mass is 566 g/mol. The number of hydrogen-bond acceptors (Lipinski definition) is 8. The quantitative estimate of drug-likeness (QED) is 0.347. The molecule has 1 aromatic heterocycles. The van der Waals surface area contributed by atoms with Gasteiger partial charge in [-0.15, -0.1) is 0 Å². The Kier molecular flexibility index (Phi) is 7.99. The summed E-state index contributed by atoms with van der Waals surface area (Å²) in [6.45, 7) is 1.58. The summed E-state index contributed by atoms with van der Waals surface area (Å²) in [5, 5.41) is 12.0. The molecule has 0 bridgehead atoms. The molecule has 0 saturated heterocycles. The lowest BCUT2D eigenvalue weighted by Gasteiger charge is -2.25. The van der Waals surface area contributed by atoms with E-state index < -0.39 is 6.04 Å². The van der Waals surface area contributed by atoms with Crippen molar-refractivity contribution in [2.75, 3.05) is 26.1 Å². The Morgan fingerprint density at radius 3 is 2.61 bits per heavy atom. The number of hydrogen-bond donors (Lipinski definition) is 1. The molecule has 1 N–H and O–H groups in total. The number of nitrogens with one attached hydrogen (secondary N) is 1. The molecule has 1 amide bonds. The topological polar surface area (TPSA) is 115 Å². The minimum atomic E-state index is -0.758. The molecule has 206 valence electrons. The highest BCUT2D eigenvalue weighted by atomic mass is 32.1. The largest absolute Gasteiger partial charge is 0.497 e. The Hall–Kier alpha value is -5.14. The van der Waals surface area contributed by atoms with Gasteiger partial charge in [-0.25, -0.2) is 4.99 Å². The third kappa shape index (κ3) is 5.48. The first kappa shape index (κ1) is 27.4. The number of thiazole rings is 1. The highest BCUT2D eigenvalue weighted by Gasteiger charge is 2.33. The van der Waals surface area contributed by atoms with Crippen molar-refractivity contribution in [2.24, 2.45) is 4.99 Å². The van der Waals surface area contributed by atoms with Gasteiger partial charge in [0, 0.05) is 11.3 Å². The zero-order chi connectivity index (χ0) is 28.9. The molecular formula is C31H26N4O5S. The number of para-hydroxylation sites is 2. The van der Waals surface area contributed by atoms with Gasteiger partial charge in [-0.1, -0.05) is 53.8 Å². The van der Waals surface area contributed by atoms with Crippen LogP contribution in [0.25, 0.3) is 6.08 Å². The lowest BCUT2D eigenvalue weighted by atomic mass is 9.95. The molecule has 0 unspecified atom stereocenters. The third-order valence-corrected chi connectivity index (χ3v) is 7.49. The molecule has 0 aliphatic carbocycles. The van der Waals surface area contributed by atoms with Crippen LogP contribution in [0.2, 0.25) is 0 Å². The van der Waals surface area contributed by atoms with E-state index in [4.69, 9.17) is 19.5 Å². The van der Waals surface area contributed by atoms with Crippen molar-refractivity contribution in [3.05, 3.63) is 115 Å². The summed E-state index contributed by atoms with van der Waals surface area (Å²) in [5.41, 5.74) is 2.42. The maximum atomic E-state index is 14.0. The van der Waals surface area contributed by atoms with Crippen molar-refractivity contribution < 1.29 is 19.0 Å². The fraction of sp³-hybridized carbons (Fsp3) is 0.161. The summed E-state index contributed by atoms with van der Waals surface area (Å²) in [4.78, 5) is 32.9. The van der Waals surface area contributed by atoms with Gasteiger partial charge in [0.2, 0.25) is 0 Å². The number of rotatable bonds is 8. The number of nitrogens with zero attached hydrogens (tertiary/aromatic N) is 3. The summed E-state index contributed by atoms with van der Waals surface area (Å²) >= 11 is 1.20. The standard InChI is InChI=1S/C31H26N4O5S/c1-19-26(29(36)34-22-11-5-4-6-12-22)27(20-9-7-13-23(17-20)38-2)35-30(37)25(41-31(35)33-19)18-21-10-8-14-24(39-3)28(21)40-16-15-32/h4-14,17-18,27H,16H2,1-3H3,(H,34,36)/b25-18-/t27-/m0/s1. The molecule has 10 heteroatoms. The number of nitriles is 1. The number of ether oxygens (including phenoxy) is 3. The van der Waals surface area contributed by atoms with Crippen molar-refractivity contribution in [3.8, 4) is 23.3 Å². The maximum absolute atomic E-state index is 14.0. The van der Waals surface area contributed by atoms with Crippen LogP contribution in [0.4, 0.5) is 5.69 Å². The average Bonchev–Trinajstić information content (AvgIpc) is 3.29. The zero-order valence-corrected chi connectivity index (χ0v) is 23.4. The molecule has 4 aromatic rings. The SMILES string of the molecule is COc1cccc([C@H]2C(C(=O)Nc3ccccc3)=C(C)N=c3s/c(=C\c4cccc(OC)c4OCC#N)c(=O)n32)c1. The summed E-state index contributed by atoms with van der Waals surface area (Å²) < 4.78 is 18.4. The molecule has 0 saturated carbocycles. The van der Waals surface area contributed by atoms with Crippen LogP contribution in [0.1, 0.15) is 24.1 Å².